The van der Waals surface area contributed by atoms with Crippen molar-refractivity contribution in [3.63, 3.8) is 0 Å². The summed E-state index contributed by atoms with van der Waals surface area (Å²) in [6, 6.07) is 9.36. The number of aromatic nitrogens is 2. The molecular formula is C20H31Cl2N5O2. The number of likely N-dealkylation sites (N-methyl/N-ethyl adjacent to an activating group) is 2. The first-order valence-electron chi connectivity index (χ1n) is 9.27. The summed E-state index contributed by atoms with van der Waals surface area (Å²) in [6.45, 7) is 5.85. The Hall–Kier alpha value is -2.09. The van der Waals surface area contributed by atoms with Crippen molar-refractivity contribution in [2.24, 2.45) is 5.73 Å². The number of carbonyl (C=O) groups excluding carboxylic acids is 2. The molecule has 2 rings (SSSR count). The van der Waals surface area contributed by atoms with Crippen LogP contribution in [-0.4, -0.2) is 63.9 Å². The molecule has 0 aliphatic rings. The van der Waals surface area contributed by atoms with E-state index in [0.29, 0.717) is 19.5 Å². The zero-order valence-electron chi connectivity index (χ0n) is 17.2. The molecule has 0 unspecified atom stereocenters. The third-order valence-corrected chi connectivity index (χ3v) is 4.51. The summed E-state index contributed by atoms with van der Waals surface area (Å²) in [5, 5.41) is 0. The monoisotopic (exact) mass is 443 g/mol. The molecule has 0 radical (unpaired) electrons. The molecule has 0 saturated carbocycles. The van der Waals surface area contributed by atoms with Crippen molar-refractivity contribution in [2.75, 3.05) is 26.7 Å². The lowest BCUT2D eigenvalue weighted by molar-refractivity contribution is -0.139. The van der Waals surface area contributed by atoms with Crippen molar-refractivity contribution in [3.05, 3.63) is 54.1 Å². The molecule has 0 aliphatic carbocycles. The Morgan fingerprint density at radius 1 is 1.14 bits per heavy atom. The lowest BCUT2D eigenvalue weighted by atomic mass is 10.1. The lowest BCUT2D eigenvalue weighted by Gasteiger charge is -2.24. The van der Waals surface area contributed by atoms with E-state index in [4.69, 9.17) is 5.73 Å². The molecule has 1 aromatic carbocycles. The minimum Gasteiger partial charge on any atom is -0.342 e. The Labute approximate surface area is 185 Å². The van der Waals surface area contributed by atoms with Gasteiger partial charge in [-0.05, 0) is 19.4 Å². The van der Waals surface area contributed by atoms with Gasteiger partial charge in [0.15, 0.2) is 0 Å². The predicted octanol–water partition coefficient (Wildman–Crippen LogP) is 1.97. The molecule has 7 nitrogen and oxygen atoms in total. The van der Waals surface area contributed by atoms with Gasteiger partial charge in [0.1, 0.15) is 0 Å². The summed E-state index contributed by atoms with van der Waals surface area (Å²) in [7, 11) is 1.61. The molecule has 0 aliphatic heterocycles. The van der Waals surface area contributed by atoms with Crippen LogP contribution in [0, 0.1) is 0 Å². The highest BCUT2D eigenvalue weighted by molar-refractivity contribution is 5.87. The first kappa shape index (κ1) is 26.9. The minimum absolute atomic E-state index is 0. The molecule has 9 heteroatoms. The highest BCUT2D eigenvalue weighted by Gasteiger charge is 2.22. The van der Waals surface area contributed by atoms with Gasteiger partial charge in [-0.1, -0.05) is 30.3 Å². The number of amides is 2. The van der Waals surface area contributed by atoms with Gasteiger partial charge in [0.2, 0.25) is 11.8 Å². The molecule has 2 amide bonds. The number of carbonyl (C=O) groups is 2. The van der Waals surface area contributed by atoms with Gasteiger partial charge in [0.25, 0.3) is 0 Å². The highest BCUT2D eigenvalue weighted by Crippen LogP contribution is 2.06. The van der Waals surface area contributed by atoms with E-state index >= 15 is 0 Å². The first-order valence-corrected chi connectivity index (χ1v) is 9.27. The Kier molecular flexibility index (Phi) is 12.2. The van der Waals surface area contributed by atoms with E-state index in [1.807, 2.05) is 42.8 Å². The van der Waals surface area contributed by atoms with Crippen LogP contribution in [0.5, 0.6) is 0 Å². The second-order valence-electron chi connectivity index (χ2n) is 6.59. The third kappa shape index (κ3) is 8.04. The molecule has 1 atom stereocenters. The predicted molar refractivity (Wildman–Crippen MR) is 120 cm³/mol. The topological polar surface area (TPSA) is 84.5 Å². The third-order valence-electron chi connectivity index (χ3n) is 4.51. The fourth-order valence-corrected chi connectivity index (χ4v) is 2.95. The minimum atomic E-state index is -0.723. The maximum atomic E-state index is 12.5. The van der Waals surface area contributed by atoms with Gasteiger partial charge in [-0.25, -0.2) is 4.98 Å². The maximum absolute atomic E-state index is 12.5. The fourth-order valence-electron chi connectivity index (χ4n) is 2.95. The highest BCUT2D eigenvalue weighted by atomic mass is 35.5. The van der Waals surface area contributed by atoms with E-state index in [2.05, 4.69) is 17.1 Å². The van der Waals surface area contributed by atoms with Gasteiger partial charge >= 0.3 is 0 Å². The zero-order chi connectivity index (χ0) is 19.8. The van der Waals surface area contributed by atoms with Gasteiger partial charge in [-0.2, -0.15) is 0 Å². The Morgan fingerprint density at radius 3 is 2.34 bits per heavy atom. The average molecular weight is 444 g/mol. The number of halogens is 2. The summed E-state index contributed by atoms with van der Waals surface area (Å²) >= 11 is 0. The number of hydrogen-bond acceptors (Lipinski definition) is 4. The number of nitrogens with zero attached hydrogens (tertiary/aromatic N) is 4. The van der Waals surface area contributed by atoms with Crippen molar-refractivity contribution < 1.29 is 9.59 Å². The van der Waals surface area contributed by atoms with E-state index in [1.54, 1.807) is 18.3 Å². The van der Waals surface area contributed by atoms with E-state index in [9.17, 15) is 9.59 Å². The Bertz CT molecular complexity index is 750. The van der Waals surface area contributed by atoms with Crippen LogP contribution in [0.15, 0.2) is 42.9 Å². The van der Waals surface area contributed by atoms with Crippen LogP contribution >= 0.6 is 24.8 Å². The molecule has 29 heavy (non-hydrogen) atoms. The van der Waals surface area contributed by atoms with Crippen molar-refractivity contribution in [1.82, 2.24) is 19.4 Å². The van der Waals surface area contributed by atoms with Gasteiger partial charge in [-0.3, -0.25) is 9.59 Å². The summed E-state index contributed by atoms with van der Waals surface area (Å²) in [5.74, 6) is -0.330. The van der Waals surface area contributed by atoms with Crippen LogP contribution in [0.25, 0.3) is 0 Å². The first-order chi connectivity index (χ1) is 12.9. The molecule has 1 heterocycles. The number of imidazole rings is 1. The van der Waals surface area contributed by atoms with Gasteiger partial charge in [0, 0.05) is 39.3 Å². The van der Waals surface area contributed by atoms with E-state index < -0.39 is 6.04 Å². The quantitative estimate of drug-likeness (QED) is 0.641. The zero-order valence-corrected chi connectivity index (χ0v) is 18.8. The number of benzene rings is 1. The number of rotatable bonds is 9. The van der Waals surface area contributed by atoms with Crippen molar-refractivity contribution in [3.8, 4) is 0 Å². The molecule has 1 aromatic heterocycles. The number of hydrogen-bond donors (Lipinski definition) is 1. The van der Waals surface area contributed by atoms with Gasteiger partial charge in [-0.15, -0.1) is 24.8 Å². The molecule has 0 bridgehead atoms. The second-order valence-corrected chi connectivity index (χ2v) is 6.59. The summed E-state index contributed by atoms with van der Waals surface area (Å²) in [5.41, 5.74) is 8.00. The molecule has 2 N–H and O–H groups in total. The summed E-state index contributed by atoms with van der Waals surface area (Å²) in [4.78, 5) is 32.1. The fraction of sp³-hybridized carbons (Fsp3) is 0.450. The van der Waals surface area contributed by atoms with E-state index in [-0.39, 0.29) is 43.2 Å². The molecular weight excluding hydrogens is 413 g/mol. The largest absolute Gasteiger partial charge is 0.342 e. The van der Waals surface area contributed by atoms with E-state index in [1.165, 1.54) is 10.5 Å². The van der Waals surface area contributed by atoms with E-state index in [0.717, 1.165) is 12.2 Å². The van der Waals surface area contributed by atoms with Gasteiger partial charge in [0.05, 0.1) is 24.6 Å². The van der Waals surface area contributed by atoms with Crippen LogP contribution < -0.4 is 5.73 Å². The second kappa shape index (κ2) is 13.2. The Morgan fingerprint density at radius 2 is 1.76 bits per heavy atom. The molecule has 0 saturated heterocycles. The molecule has 0 spiro atoms. The SMILES string of the molecule is CCN(CC)C(=O)CN(C)C(=O)[C@@H](N)Cc1cn(Cc2ccccc2)cn1.Cl.Cl. The maximum Gasteiger partial charge on any atom is 0.242 e. The molecule has 0 fully saturated rings. The van der Waals surface area contributed by atoms with Crippen molar-refractivity contribution in [1.29, 1.82) is 0 Å². The summed E-state index contributed by atoms with van der Waals surface area (Å²) in [6.07, 6.45) is 3.98. The van der Waals surface area contributed by atoms with Crippen LogP contribution in [0.3, 0.4) is 0 Å². The smallest absolute Gasteiger partial charge is 0.242 e. The Balaban J connectivity index is 0.00000392. The molecule has 162 valence electrons. The lowest BCUT2D eigenvalue weighted by Crippen LogP contribution is -2.47. The van der Waals surface area contributed by atoms with Crippen LogP contribution in [0.4, 0.5) is 0 Å². The number of nitrogens with two attached hydrogens (primary N) is 1. The average Bonchev–Trinajstić information content (AvgIpc) is 3.09. The molecule has 2 aromatic rings. The standard InChI is InChI=1S/C20H29N5O2.2ClH/c1-4-25(5-2)19(26)14-23(3)20(27)18(21)11-17-13-24(15-22-17)12-16-9-7-6-8-10-16;;/h6-10,13,15,18H,4-5,11-12,14,21H2,1-3H3;2*1H/t18-;;/m0../s1. The van der Waals surface area contributed by atoms with Crippen LogP contribution in [0.2, 0.25) is 0 Å². The summed E-state index contributed by atoms with van der Waals surface area (Å²) < 4.78 is 1.97. The van der Waals surface area contributed by atoms with Crippen molar-refractivity contribution >= 4 is 36.6 Å². The normalized spacial score (nSPS) is 11.0. The van der Waals surface area contributed by atoms with Gasteiger partial charge < -0.3 is 20.1 Å². The van der Waals surface area contributed by atoms with Crippen LogP contribution in [-0.2, 0) is 22.6 Å². The van der Waals surface area contributed by atoms with Crippen LogP contribution in [0.1, 0.15) is 25.1 Å². The van der Waals surface area contributed by atoms with Crippen molar-refractivity contribution in [2.45, 2.75) is 32.9 Å².